The molecule has 6 heteroatoms. The summed E-state index contributed by atoms with van der Waals surface area (Å²) >= 11 is 0. The van der Waals surface area contributed by atoms with Gasteiger partial charge in [-0.05, 0) is 38.2 Å². The minimum Gasteiger partial charge on any atom is -0.449 e. The van der Waals surface area contributed by atoms with Gasteiger partial charge in [-0.1, -0.05) is 76.3 Å². The maximum atomic E-state index is 12.8. The van der Waals surface area contributed by atoms with E-state index in [0.717, 1.165) is 50.5 Å². The van der Waals surface area contributed by atoms with Crippen LogP contribution in [0.15, 0.2) is 30.3 Å². The Morgan fingerprint density at radius 3 is 2.32 bits per heavy atom. The number of carbonyl (C=O) groups excluding carboxylic acids is 3. The van der Waals surface area contributed by atoms with Gasteiger partial charge in [-0.15, -0.1) is 0 Å². The third-order valence-corrected chi connectivity index (χ3v) is 6.50. The van der Waals surface area contributed by atoms with Crippen LogP contribution >= 0.6 is 0 Å². The smallest absolute Gasteiger partial charge is 0.407 e. The SMILES string of the molecule is CCCC[C@H](NC(=O)OCC1(CC)CCCCC1)C(=O)C(=O)N[C@H](C)c1ccccc1. The fraction of sp³-hybridized carbons (Fsp3) is 0.640. The Hall–Kier alpha value is -2.37. The monoisotopic (exact) mass is 430 g/mol. The molecule has 0 unspecified atom stereocenters. The molecule has 1 aromatic carbocycles. The Balaban J connectivity index is 1.93. The summed E-state index contributed by atoms with van der Waals surface area (Å²) in [5, 5.41) is 5.40. The molecule has 1 saturated carbocycles. The van der Waals surface area contributed by atoms with Crippen LogP contribution in [0, 0.1) is 5.41 Å². The van der Waals surface area contributed by atoms with Gasteiger partial charge in [0.15, 0.2) is 0 Å². The molecular weight excluding hydrogens is 392 g/mol. The number of nitrogens with one attached hydrogen (secondary N) is 2. The van der Waals surface area contributed by atoms with Gasteiger partial charge in [0.25, 0.3) is 5.91 Å². The van der Waals surface area contributed by atoms with Gasteiger partial charge in [-0.25, -0.2) is 4.79 Å². The zero-order valence-corrected chi connectivity index (χ0v) is 19.2. The van der Waals surface area contributed by atoms with E-state index in [-0.39, 0.29) is 11.5 Å². The number of amides is 2. The molecule has 2 atom stereocenters. The molecule has 0 bridgehead atoms. The van der Waals surface area contributed by atoms with Crippen molar-refractivity contribution in [1.29, 1.82) is 0 Å². The van der Waals surface area contributed by atoms with E-state index >= 15 is 0 Å². The van der Waals surface area contributed by atoms with E-state index in [1.165, 1.54) is 6.42 Å². The lowest BCUT2D eigenvalue weighted by Crippen LogP contribution is -2.48. The lowest BCUT2D eigenvalue weighted by atomic mass is 9.73. The molecule has 1 fully saturated rings. The van der Waals surface area contributed by atoms with E-state index in [1.807, 2.05) is 44.2 Å². The molecule has 0 saturated heterocycles. The van der Waals surface area contributed by atoms with Gasteiger partial charge in [-0.3, -0.25) is 9.59 Å². The van der Waals surface area contributed by atoms with Crippen LogP contribution in [-0.4, -0.2) is 30.4 Å². The normalized spacial score (nSPS) is 17.3. The average molecular weight is 431 g/mol. The number of ketones is 1. The quantitative estimate of drug-likeness (QED) is 0.480. The van der Waals surface area contributed by atoms with E-state index in [1.54, 1.807) is 0 Å². The molecular formula is C25H38N2O4. The van der Waals surface area contributed by atoms with Crippen molar-refractivity contribution in [1.82, 2.24) is 10.6 Å². The second-order valence-electron chi connectivity index (χ2n) is 8.80. The molecule has 0 spiro atoms. The number of ether oxygens (including phenoxy) is 1. The molecule has 1 aliphatic rings. The van der Waals surface area contributed by atoms with E-state index in [2.05, 4.69) is 17.6 Å². The van der Waals surface area contributed by atoms with Crippen molar-refractivity contribution in [3.63, 3.8) is 0 Å². The largest absolute Gasteiger partial charge is 0.449 e. The predicted octanol–water partition coefficient (Wildman–Crippen LogP) is 5.08. The summed E-state index contributed by atoms with van der Waals surface area (Å²) in [5.74, 6) is -1.31. The minimum absolute atomic E-state index is 0.0427. The zero-order chi connectivity index (χ0) is 22.7. The molecule has 172 valence electrons. The maximum Gasteiger partial charge on any atom is 0.407 e. The number of benzene rings is 1. The van der Waals surface area contributed by atoms with Gasteiger partial charge in [-0.2, -0.15) is 0 Å². The predicted molar refractivity (Wildman–Crippen MR) is 122 cm³/mol. The van der Waals surface area contributed by atoms with Crippen LogP contribution in [0.3, 0.4) is 0 Å². The highest BCUT2D eigenvalue weighted by Gasteiger charge is 2.33. The number of hydrogen-bond acceptors (Lipinski definition) is 4. The summed E-state index contributed by atoms with van der Waals surface area (Å²) in [4.78, 5) is 37.8. The van der Waals surface area contributed by atoms with Crippen LogP contribution in [-0.2, 0) is 14.3 Å². The molecule has 1 aromatic rings. The van der Waals surface area contributed by atoms with E-state index in [0.29, 0.717) is 13.0 Å². The molecule has 0 radical (unpaired) electrons. The first-order chi connectivity index (χ1) is 14.9. The lowest BCUT2D eigenvalue weighted by molar-refractivity contribution is -0.139. The molecule has 6 nitrogen and oxygen atoms in total. The van der Waals surface area contributed by atoms with Crippen LogP contribution in [0.25, 0.3) is 0 Å². The number of hydrogen-bond donors (Lipinski definition) is 2. The molecule has 0 aliphatic heterocycles. The molecule has 2 amide bonds. The second-order valence-corrected chi connectivity index (χ2v) is 8.80. The summed E-state index contributed by atoms with van der Waals surface area (Å²) in [6, 6.07) is 8.29. The molecule has 31 heavy (non-hydrogen) atoms. The van der Waals surface area contributed by atoms with Crippen molar-refractivity contribution in [2.45, 2.75) is 90.6 Å². The number of Topliss-reactive ketones (excluding diaryl/α,β-unsaturated/α-hetero) is 1. The Labute approximate surface area is 186 Å². The van der Waals surface area contributed by atoms with Gasteiger partial charge in [0.2, 0.25) is 5.78 Å². The topological polar surface area (TPSA) is 84.5 Å². The fourth-order valence-corrected chi connectivity index (χ4v) is 4.23. The van der Waals surface area contributed by atoms with E-state index < -0.39 is 23.8 Å². The number of carbonyl (C=O) groups is 3. The highest BCUT2D eigenvalue weighted by molar-refractivity contribution is 6.38. The molecule has 0 heterocycles. The van der Waals surface area contributed by atoms with E-state index in [9.17, 15) is 14.4 Å². The first-order valence-corrected chi connectivity index (χ1v) is 11.7. The van der Waals surface area contributed by atoms with Crippen LogP contribution in [0.2, 0.25) is 0 Å². The average Bonchev–Trinajstić information content (AvgIpc) is 2.81. The summed E-state index contributed by atoms with van der Waals surface area (Å²) in [6.45, 7) is 6.34. The number of alkyl carbamates (subject to hydrolysis) is 1. The van der Waals surface area contributed by atoms with E-state index in [4.69, 9.17) is 4.74 Å². The number of unbranched alkanes of at least 4 members (excludes halogenated alkanes) is 1. The first-order valence-electron chi connectivity index (χ1n) is 11.7. The summed E-state index contributed by atoms with van der Waals surface area (Å²) in [7, 11) is 0. The summed E-state index contributed by atoms with van der Waals surface area (Å²) in [6.07, 6.45) is 8.05. The highest BCUT2D eigenvalue weighted by Crippen LogP contribution is 2.39. The van der Waals surface area contributed by atoms with Gasteiger partial charge in [0.05, 0.1) is 12.6 Å². The van der Waals surface area contributed by atoms with Crippen molar-refractivity contribution in [3.05, 3.63) is 35.9 Å². The zero-order valence-electron chi connectivity index (χ0n) is 19.2. The standard InChI is InChI=1S/C25H38N2O4/c1-4-6-15-21(22(28)23(29)26-19(3)20-13-9-7-10-14-20)27-24(30)31-18-25(5-2)16-11-8-12-17-25/h7,9-10,13-14,19,21H,4-6,8,11-12,15-18H2,1-3H3,(H,26,29)(H,27,30)/t19-,21+/m1/s1. The molecule has 2 rings (SSSR count). The first kappa shape index (κ1) is 24.9. The van der Waals surface area contributed by atoms with Crippen LogP contribution < -0.4 is 10.6 Å². The van der Waals surface area contributed by atoms with Crippen molar-refractivity contribution >= 4 is 17.8 Å². The summed E-state index contributed by atoms with van der Waals surface area (Å²) in [5.41, 5.74) is 0.958. The van der Waals surface area contributed by atoms with Gasteiger partial charge < -0.3 is 15.4 Å². The van der Waals surface area contributed by atoms with Crippen molar-refractivity contribution in [2.75, 3.05) is 6.61 Å². The lowest BCUT2D eigenvalue weighted by Gasteiger charge is -2.35. The minimum atomic E-state index is -0.876. The van der Waals surface area contributed by atoms with Gasteiger partial charge in [0, 0.05) is 5.41 Å². The van der Waals surface area contributed by atoms with Crippen LogP contribution in [0.1, 0.15) is 90.2 Å². The Morgan fingerprint density at radius 2 is 1.71 bits per heavy atom. The van der Waals surface area contributed by atoms with Crippen LogP contribution in [0.5, 0.6) is 0 Å². The van der Waals surface area contributed by atoms with Gasteiger partial charge in [0.1, 0.15) is 6.04 Å². The van der Waals surface area contributed by atoms with Crippen molar-refractivity contribution < 1.29 is 19.1 Å². The molecule has 0 aromatic heterocycles. The second kappa shape index (κ2) is 12.5. The maximum absolute atomic E-state index is 12.8. The van der Waals surface area contributed by atoms with Crippen molar-refractivity contribution in [3.8, 4) is 0 Å². The highest BCUT2D eigenvalue weighted by atomic mass is 16.5. The van der Waals surface area contributed by atoms with Gasteiger partial charge >= 0.3 is 6.09 Å². The van der Waals surface area contributed by atoms with Crippen LogP contribution in [0.4, 0.5) is 4.79 Å². The molecule has 1 aliphatic carbocycles. The summed E-state index contributed by atoms with van der Waals surface area (Å²) < 4.78 is 5.53. The fourth-order valence-electron chi connectivity index (χ4n) is 4.23. The third-order valence-electron chi connectivity index (χ3n) is 6.50. The Morgan fingerprint density at radius 1 is 1.03 bits per heavy atom. The Kier molecular flexibility index (Phi) is 10.0. The van der Waals surface area contributed by atoms with Crippen molar-refractivity contribution in [2.24, 2.45) is 5.41 Å². The molecule has 2 N–H and O–H groups in total. The number of rotatable bonds is 11. The Bertz CT molecular complexity index is 713. The third kappa shape index (κ3) is 7.67.